The molecule has 0 spiro atoms. The highest BCUT2D eigenvalue weighted by molar-refractivity contribution is 7.47. The Hall–Kier alpha value is -1.06. The lowest BCUT2D eigenvalue weighted by Gasteiger charge is -2.20. The molecule has 9 nitrogen and oxygen atoms in total. The number of aliphatic hydroxyl groups is 2. The summed E-state index contributed by atoms with van der Waals surface area (Å²) in [6.45, 7) is 3.53. The van der Waals surface area contributed by atoms with E-state index >= 15 is 0 Å². The van der Waals surface area contributed by atoms with Crippen LogP contribution < -0.4 is 0 Å². The Morgan fingerprint density at radius 2 is 0.982 bits per heavy atom. The van der Waals surface area contributed by atoms with Crippen molar-refractivity contribution in [1.29, 1.82) is 0 Å². The van der Waals surface area contributed by atoms with Gasteiger partial charge in [0.2, 0.25) is 0 Å². The fourth-order valence-corrected chi connectivity index (χ4v) is 7.18. The van der Waals surface area contributed by atoms with Crippen molar-refractivity contribution in [3.63, 3.8) is 0 Å². The smallest absolute Gasteiger partial charge is 0.457 e. The van der Waals surface area contributed by atoms with Gasteiger partial charge in [-0.15, -0.1) is 0 Å². The molecule has 3 unspecified atom stereocenters. The Balaban J connectivity index is 4.04. The first-order valence-corrected chi connectivity index (χ1v) is 24.3. The van der Waals surface area contributed by atoms with Crippen LogP contribution in [0.5, 0.6) is 0 Å². The summed E-state index contributed by atoms with van der Waals surface area (Å²) in [4.78, 5) is 22.6. The third kappa shape index (κ3) is 42.4. The van der Waals surface area contributed by atoms with Crippen molar-refractivity contribution in [2.45, 2.75) is 225 Å². The molecule has 0 aliphatic heterocycles. The monoisotopic (exact) mass is 803 g/mol. The van der Waals surface area contributed by atoms with Crippen LogP contribution in [0.3, 0.4) is 0 Å². The van der Waals surface area contributed by atoms with Crippen LogP contribution in [0, 0.1) is 0 Å². The average Bonchev–Trinajstić information content (AvgIpc) is 3.18. The van der Waals surface area contributed by atoms with Crippen LogP contribution >= 0.6 is 7.82 Å². The number of allylic oxidation sites excluding steroid dienone is 4. The van der Waals surface area contributed by atoms with E-state index in [4.69, 9.17) is 23.6 Å². The number of aliphatic hydroxyl groups excluding tert-OH is 2. The highest BCUT2D eigenvalue weighted by Gasteiger charge is 2.26. The van der Waals surface area contributed by atoms with E-state index < -0.39 is 33.2 Å². The molecule has 0 heterocycles. The van der Waals surface area contributed by atoms with Crippen LogP contribution in [0.15, 0.2) is 24.3 Å². The molecule has 0 fully saturated rings. The van der Waals surface area contributed by atoms with Crippen LogP contribution in [0.1, 0.15) is 213 Å². The maximum atomic E-state index is 12.6. The van der Waals surface area contributed by atoms with E-state index in [1.165, 1.54) is 154 Å². The van der Waals surface area contributed by atoms with Gasteiger partial charge >= 0.3 is 13.8 Å². The van der Waals surface area contributed by atoms with Crippen molar-refractivity contribution in [3.05, 3.63) is 24.3 Å². The summed E-state index contributed by atoms with van der Waals surface area (Å²) in [5.41, 5.74) is 0. The van der Waals surface area contributed by atoms with Crippen molar-refractivity contribution < 1.29 is 43.0 Å². The molecule has 0 bridgehead atoms. The number of carbonyl (C=O) groups is 1. The predicted octanol–water partition coefficient (Wildman–Crippen LogP) is 12.6. The first-order valence-electron chi connectivity index (χ1n) is 22.8. The second-order valence-corrected chi connectivity index (χ2v) is 16.9. The number of phosphoric ester groups is 1. The van der Waals surface area contributed by atoms with E-state index in [0.29, 0.717) is 6.61 Å². The van der Waals surface area contributed by atoms with E-state index in [-0.39, 0.29) is 25.6 Å². The second-order valence-electron chi connectivity index (χ2n) is 15.4. The molecule has 55 heavy (non-hydrogen) atoms. The number of hydrogen-bond donors (Lipinski definition) is 3. The topological polar surface area (TPSA) is 132 Å². The van der Waals surface area contributed by atoms with Crippen molar-refractivity contribution in [1.82, 2.24) is 0 Å². The van der Waals surface area contributed by atoms with E-state index in [1.54, 1.807) is 0 Å². The van der Waals surface area contributed by atoms with Crippen molar-refractivity contribution in [3.8, 4) is 0 Å². The van der Waals surface area contributed by atoms with Gasteiger partial charge in [0.1, 0.15) is 12.2 Å². The lowest BCUT2D eigenvalue weighted by Crippen LogP contribution is -2.29. The van der Waals surface area contributed by atoms with Crippen LogP contribution in [-0.2, 0) is 27.9 Å². The predicted molar refractivity (Wildman–Crippen MR) is 228 cm³/mol. The van der Waals surface area contributed by atoms with Gasteiger partial charge < -0.3 is 24.6 Å². The van der Waals surface area contributed by atoms with E-state index in [2.05, 4.69) is 38.2 Å². The molecule has 0 aromatic carbocycles. The maximum absolute atomic E-state index is 12.6. The Labute approximate surface area is 338 Å². The molecule has 0 saturated carbocycles. The zero-order valence-corrected chi connectivity index (χ0v) is 36.6. The normalized spacial score (nSPS) is 14.2. The third-order valence-corrected chi connectivity index (χ3v) is 10.8. The van der Waals surface area contributed by atoms with Crippen LogP contribution in [0.4, 0.5) is 0 Å². The minimum absolute atomic E-state index is 0.0526. The number of phosphoric acid groups is 1. The molecule has 326 valence electrons. The minimum Gasteiger partial charge on any atom is -0.457 e. The molecular formula is C45H87O9P. The van der Waals surface area contributed by atoms with Crippen molar-refractivity contribution in [2.75, 3.05) is 33.0 Å². The first-order chi connectivity index (χ1) is 26.8. The molecule has 10 heteroatoms. The highest BCUT2D eigenvalue weighted by Crippen LogP contribution is 2.43. The fourth-order valence-electron chi connectivity index (χ4n) is 6.39. The summed E-state index contributed by atoms with van der Waals surface area (Å²) >= 11 is 0. The van der Waals surface area contributed by atoms with Gasteiger partial charge in [0.15, 0.2) is 0 Å². The first kappa shape index (κ1) is 53.9. The van der Waals surface area contributed by atoms with Crippen molar-refractivity contribution in [2.24, 2.45) is 0 Å². The van der Waals surface area contributed by atoms with Gasteiger partial charge in [-0.2, -0.15) is 0 Å². The number of carbonyl (C=O) groups excluding carboxylic acids is 1. The lowest BCUT2D eigenvalue weighted by molar-refractivity contribution is -0.154. The Bertz CT molecular complexity index is 913. The number of ether oxygens (including phenoxy) is 2. The Kier molecular flexibility index (Phi) is 41.7. The highest BCUT2D eigenvalue weighted by atomic mass is 31.2. The van der Waals surface area contributed by atoms with Gasteiger partial charge in [-0.05, 0) is 44.9 Å². The number of esters is 1. The van der Waals surface area contributed by atoms with Gasteiger partial charge in [0.25, 0.3) is 0 Å². The number of hydrogen-bond acceptors (Lipinski definition) is 8. The summed E-state index contributed by atoms with van der Waals surface area (Å²) in [6, 6.07) is 0. The van der Waals surface area contributed by atoms with Gasteiger partial charge in [-0.25, -0.2) is 4.57 Å². The molecule has 3 atom stereocenters. The second kappa shape index (κ2) is 42.5. The minimum atomic E-state index is -4.51. The molecule has 3 N–H and O–H groups in total. The zero-order valence-electron chi connectivity index (χ0n) is 35.7. The number of unbranched alkanes of at least 4 members (excludes halogenated alkanes) is 26. The molecule has 0 aliphatic rings. The van der Waals surface area contributed by atoms with Crippen LogP contribution in [0.25, 0.3) is 0 Å². The number of rotatable bonds is 44. The SMILES string of the molecule is CCCCCCC/C=C\C/C=C\CCCCCCCCCCCCCC(=O)OC(COCCCCCCCCCCCCC)COP(=O)(O)OCC(O)CO. The van der Waals surface area contributed by atoms with Gasteiger partial charge in [0.05, 0.1) is 26.4 Å². The standard InChI is InChI=1S/C45H87O9P/c1-3-5-7-9-11-13-15-16-17-18-19-20-21-22-23-24-25-26-27-29-31-33-35-37-45(48)54-44(42-53-55(49,50)52-40-43(47)39-46)41-51-38-36-34-32-30-28-14-12-10-8-6-4-2/h15-16,18-19,43-44,46-47H,3-14,17,20-42H2,1-2H3,(H,49,50)/b16-15-,19-18-. The Morgan fingerprint density at radius 1 is 0.564 bits per heavy atom. The molecule has 0 aromatic rings. The van der Waals surface area contributed by atoms with Gasteiger partial charge in [-0.3, -0.25) is 13.8 Å². The van der Waals surface area contributed by atoms with Gasteiger partial charge in [-0.1, -0.05) is 186 Å². The maximum Gasteiger partial charge on any atom is 0.472 e. The molecule has 0 aliphatic carbocycles. The largest absolute Gasteiger partial charge is 0.472 e. The summed E-state index contributed by atoms with van der Waals surface area (Å²) in [7, 11) is -4.51. The third-order valence-electron chi connectivity index (χ3n) is 9.89. The van der Waals surface area contributed by atoms with Crippen molar-refractivity contribution >= 4 is 13.8 Å². The summed E-state index contributed by atoms with van der Waals surface area (Å²) in [6.07, 6.45) is 44.2. The molecule has 0 aromatic heterocycles. The molecule has 0 radical (unpaired) electrons. The zero-order chi connectivity index (χ0) is 40.3. The van der Waals surface area contributed by atoms with E-state index in [9.17, 15) is 19.4 Å². The fraction of sp³-hybridized carbons (Fsp3) is 0.889. The quantitative estimate of drug-likeness (QED) is 0.0238. The summed E-state index contributed by atoms with van der Waals surface area (Å²) < 4.78 is 33.4. The van der Waals surface area contributed by atoms with E-state index in [1.807, 2.05) is 0 Å². The lowest BCUT2D eigenvalue weighted by atomic mass is 10.0. The molecule has 0 saturated heterocycles. The van der Waals surface area contributed by atoms with Gasteiger partial charge in [0, 0.05) is 13.0 Å². The van der Waals surface area contributed by atoms with E-state index in [0.717, 1.165) is 38.5 Å². The van der Waals surface area contributed by atoms with Crippen LogP contribution in [-0.4, -0.2) is 66.3 Å². The molecule has 0 amide bonds. The average molecular weight is 803 g/mol. The Morgan fingerprint density at radius 3 is 1.45 bits per heavy atom. The van der Waals surface area contributed by atoms with Crippen LogP contribution in [0.2, 0.25) is 0 Å². The summed E-state index contributed by atoms with van der Waals surface area (Å²) in [5, 5.41) is 18.3. The summed E-state index contributed by atoms with van der Waals surface area (Å²) in [5.74, 6) is -0.382. The molecular weight excluding hydrogens is 715 g/mol. The molecule has 0 rings (SSSR count).